The van der Waals surface area contributed by atoms with E-state index in [1.807, 2.05) is 6.92 Å². The monoisotopic (exact) mass is 406 g/mol. The van der Waals surface area contributed by atoms with Crippen LogP contribution in [0.4, 0.5) is 10.1 Å². The Kier molecular flexibility index (Phi) is 6.03. The first-order valence-electron chi connectivity index (χ1n) is 7.95. The molecule has 8 heteroatoms. The summed E-state index contributed by atoms with van der Waals surface area (Å²) in [6.07, 6.45) is 1.54. The number of ether oxygens (including phenoxy) is 1. The summed E-state index contributed by atoms with van der Waals surface area (Å²) in [4.78, 5) is 16.4. The van der Waals surface area contributed by atoms with E-state index < -0.39 is 0 Å². The molecule has 1 amide bonds. The predicted molar refractivity (Wildman–Crippen MR) is 104 cm³/mol. The first kappa shape index (κ1) is 19.3. The van der Waals surface area contributed by atoms with Crippen LogP contribution in [0.1, 0.15) is 5.56 Å². The third kappa shape index (κ3) is 4.81. The van der Waals surface area contributed by atoms with Crippen molar-refractivity contribution in [1.82, 2.24) is 4.98 Å². The molecule has 1 N–H and O–H groups in total. The lowest BCUT2D eigenvalue weighted by Crippen LogP contribution is -2.14. The number of aryl methyl sites for hydroxylation is 1. The van der Waals surface area contributed by atoms with Gasteiger partial charge in [-0.05, 0) is 42.8 Å². The second kappa shape index (κ2) is 8.45. The van der Waals surface area contributed by atoms with Gasteiger partial charge in [0.2, 0.25) is 5.91 Å². The van der Waals surface area contributed by atoms with Crippen LogP contribution in [0.5, 0.6) is 5.75 Å². The zero-order valence-corrected chi connectivity index (χ0v) is 16.2. The summed E-state index contributed by atoms with van der Waals surface area (Å²) in [5.74, 6) is 0.541. The minimum Gasteiger partial charge on any atom is -0.495 e. The van der Waals surface area contributed by atoms with Gasteiger partial charge in [-0.15, -0.1) is 0 Å². The lowest BCUT2D eigenvalue weighted by Gasteiger charge is -2.11. The van der Waals surface area contributed by atoms with E-state index in [2.05, 4.69) is 10.3 Å². The normalized spacial score (nSPS) is 10.7. The van der Waals surface area contributed by atoms with Gasteiger partial charge in [0, 0.05) is 16.7 Å². The number of methoxy groups -OCH3 is 1. The average Bonchev–Trinajstić information content (AvgIpc) is 3.12. The van der Waals surface area contributed by atoms with Crippen LogP contribution in [0.2, 0.25) is 5.02 Å². The van der Waals surface area contributed by atoms with Crippen LogP contribution in [-0.4, -0.2) is 23.8 Å². The molecule has 3 rings (SSSR count). The van der Waals surface area contributed by atoms with Crippen molar-refractivity contribution >= 4 is 35.0 Å². The molecule has 2 aromatic carbocycles. The lowest BCUT2D eigenvalue weighted by molar-refractivity contribution is -0.113. The summed E-state index contributed by atoms with van der Waals surface area (Å²) >= 11 is 7.22. The Labute approximate surface area is 164 Å². The van der Waals surface area contributed by atoms with Crippen molar-refractivity contribution in [1.29, 1.82) is 0 Å². The van der Waals surface area contributed by atoms with Crippen molar-refractivity contribution in [3.05, 3.63) is 59.0 Å². The molecule has 0 saturated carbocycles. The number of nitrogens with zero attached hydrogens (tertiary/aromatic N) is 1. The molecule has 0 bridgehead atoms. The van der Waals surface area contributed by atoms with E-state index >= 15 is 0 Å². The second-order valence-corrected chi connectivity index (χ2v) is 6.97. The topological polar surface area (TPSA) is 64.4 Å². The molecule has 0 saturated heterocycles. The predicted octanol–water partition coefficient (Wildman–Crippen LogP) is 5.18. The molecular formula is C19H16ClFN2O3S. The fraction of sp³-hybridized carbons (Fsp3) is 0.158. The number of amides is 1. The van der Waals surface area contributed by atoms with Crippen LogP contribution >= 0.6 is 23.4 Å². The van der Waals surface area contributed by atoms with Crippen LogP contribution in [0.15, 0.2) is 52.2 Å². The number of oxazole rings is 1. The molecule has 0 aliphatic rings. The number of aromatic nitrogens is 1. The standard InChI is InChI=1S/C19H16ClFN2O3S/c1-11-7-15(16(25-2)8-14(11)20)23-18(24)10-27-19-22-9-17(26-19)12-3-5-13(21)6-4-12/h3-9H,10H2,1-2H3,(H,23,24). The van der Waals surface area contributed by atoms with Gasteiger partial charge in [-0.25, -0.2) is 9.37 Å². The molecule has 0 aliphatic heterocycles. The maximum Gasteiger partial charge on any atom is 0.256 e. The van der Waals surface area contributed by atoms with Crippen LogP contribution in [0, 0.1) is 12.7 Å². The summed E-state index contributed by atoms with van der Waals surface area (Å²) in [6.45, 7) is 1.84. The number of anilines is 1. The van der Waals surface area contributed by atoms with E-state index in [-0.39, 0.29) is 17.5 Å². The summed E-state index contributed by atoms with van der Waals surface area (Å²) in [7, 11) is 1.51. The molecule has 1 heterocycles. The zero-order chi connectivity index (χ0) is 19.4. The van der Waals surface area contributed by atoms with E-state index in [9.17, 15) is 9.18 Å². The summed E-state index contributed by atoms with van der Waals surface area (Å²) in [6, 6.07) is 9.31. The fourth-order valence-corrected chi connectivity index (χ4v) is 3.07. The van der Waals surface area contributed by atoms with E-state index in [1.54, 1.807) is 30.5 Å². The quantitative estimate of drug-likeness (QED) is 0.571. The van der Waals surface area contributed by atoms with E-state index in [1.165, 1.54) is 19.2 Å². The van der Waals surface area contributed by atoms with Crippen molar-refractivity contribution < 1.29 is 18.3 Å². The largest absolute Gasteiger partial charge is 0.495 e. The van der Waals surface area contributed by atoms with Crippen LogP contribution in [-0.2, 0) is 4.79 Å². The summed E-state index contributed by atoms with van der Waals surface area (Å²) in [5, 5.41) is 3.70. The van der Waals surface area contributed by atoms with Gasteiger partial charge in [0.05, 0.1) is 24.7 Å². The van der Waals surface area contributed by atoms with Gasteiger partial charge >= 0.3 is 0 Å². The first-order chi connectivity index (χ1) is 13.0. The smallest absolute Gasteiger partial charge is 0.256 e. The summed E-state index contributed by atoms with van der Waals surface area (Å²) < 4.78 is 23.8. The van der Waals surface area contributed by atoms with Gasteiger partial charge in [-0.2, -0.15) is 0 Å². The van der Waals surface area contributed by atoms with Crippen molar-refractivity contribution in [3.63, 3.8) is 0 Å². The highest BCUT2D eigenvalue weighted by Gasteiger charge is 2.13. The summed E-state index contributed by atoms with van der Waals surface area (Å²) in [5.41, 5.74) is 2.09. The molecule has 0 aliphatic carbocycles. The van der Waals surface area contributed by atoms with Crippen molar-refractivity contribution in [2.24, 2.45) is 0 Å². The number of nitrogens with one attached hydrogen (secondary N) is 1. The molecule has 3 aromatic rings. The molecule has 140 valence electrons. The third-order valence-electron chi connectivity index (χ3n) is 3.69. The maximum atomic E-state index is 13.0. The van der Waals surface area contributed by atoms with Gasteiger partial charge < -0.3 is 14.5 Å². The Morgan fingerprint density at radius 1 is 1.33 bits per heavy atom. The molecule has 0 unspecified atom stereocenters. The minimum atomic E-state index is -0.322. The van der Waals surface area contributed by atoms with Gasteiger partial charge in [0.1, 0.15) is 11.6 Å². The number of hydrogen-bond donors (Lipinski definition) is 1. The van der Waals surface area contributed by atoms with Crippen LogP contribution < -0.4 is 10.1 Å². The molecular weight excluding hydrogens is 391 g/mol. The molecule has 0 radical (unpaired) electrons. The lowest BCUT2D eigenvalue weighted by atomic mass is 10.2. The van der Waals surface area contributed by atoms with E-state index in [0.717, 1.165) is 17.3 Å². The average molecular weight is 407 g/mol. The fourth-order valence-electron chi connectivity index (χ4n) is 2.32. The van der Waals surface area contributed by atoms with Crippen LogP contribution in [0.3, 0.4) is 0 Å². The second-order valence-electron chi connectivity index (χ2n) is 5.64. The number of carbonyl (C=O) groups is 1. The van der Waals surface area contributed by atoms with Crippen LogP contribution in [0.25, 0.3) is 11.3 Å². The molecule has 1 aromatic heterocycles. The Balaban J connectivity index is 1.62. The number of hydrogen-bond acceptors (Lipinski definition) is 5. The minimum absolute atomic E-state index is 0.105. The molecule has 27 heavy (non-hydrogen) atoms. The first-order valence-corrected chi connectivity index (χ1v) is 9.31. The third-order valence-corrected chi connectivity index (χ3v) is 4.94. The number of benzene rings is 2. The number of thioether (sulfide) groups is 1. The highest BCUT2D eigenvalue weighted by Crippen LogP contribution is 2.31. The Hall–Kier alpha value is -2.51. The molecule has 0 fully saturated rings. The SMILES string of the molecule is COc1cc(Cl)c(C)cc1NC(=O)CSc1ncc(-c2ccc(F)cc2)o1. The number of rotatable bonds is 6. The number of halogens is 2. The van der Waals surface area contributed by atoms with Gasteiger partial charge in [-0.3, -0.25) is 4.79 Å². The molecule has 5 nitrogen and oxygen atoms in total. The maximum absolute atomic E-state index is 13.0. The zero-order valence-electron chi connectivity index (χ0n) is 14.6. The number of carbonyl (C=O) groups excluding carboxylic acids is 1. The Bertz CT molecular complexity index is 960. The Morgan fingerprint density at radius 2 is 2.07 bits per heavy atom. The van der Waals surface area contributed by atoms with Crippen molar-refractivity contribution in [2.45, 2.75) is 12.1 Å². The van der Waals surface area contributed by atoms with E-state index in [4.69, 9.17) is 20.8 Å². The highest BCUT2D eigenvalue weighted by atomic mass is 35.5. The van der Waals surface area contributed by atoms with Crippen molar-refractivity contribution in [2.75, 3.05) is 18.2 Å². The molecule has 0 spiro atoms. The van der Waals surface area contributed by atoms with Gasteiger partial charge in [-0.1, -0.05) is 23.4 Å². The van der Waals surface area contributed by atoms with Gasteiger partial charge in [0.15, 0.2) is 5.76 Å². The Morgan fingerprint density at radius 3 is 2.78 bits per heavy atom. The van der Waals surface area contributed by atoms with Gasteiger partial charge in [0.25, 0.3) is 5.22 Å². The van der Waals surface area contributed by atoms with E-state index in [0.29, 0.717) is 33.0 Å². The molecule has 0 atom stereocenters. The highest BCUT2D eigenvalue weighted by molar-refractivity contribution is 7.99. The van der Waals surface area contributed by atoms with Crippen molar-refractivity contribution in [3.8, 4) is 17.1 Å².